The minimum absolute atomic E-state index is 0.00787. The van der Waals surface area contributed by atoms with Crippen molar-refractivity contribution in [2.24, 2.45) is 5.92 Å². The van der Waals surface area contributed by atoms with Gasteiger partial charge in [0.05, 0.1) is 23.8 Å². The van der Waals surface area contributed by atoms with Crippen molar-refractivity contribution in [3.8, 4) is 0 Å². The maximum atomic E-state index is 13.4. The number of aromatic nitrogens is 2. The van der Waals surface area contributed by atoms with Crippen molar-refractivity contribution in [1.82, 2.24) is 19.8 Å². The summed E-state index contributed by atoms with van der Waals surface area (Å²) in [6.07, 6.45) is 7.46. The van der Waals surface area contributed by atoms with Crippen molar-refractivity contribution in [1.29, 1.82) is 0 Å². The van der Waals surface area contributed by atoms with E-state index in [9.17, 15) is 14.4 Å². The molecule has 2 amide bonds. The highest BCUT2D eigenvalue weighted by Crippen LogP contribution is 2.32. The van der Waals surface area contributed by atoms with Crippen LogP contribution in [0.1, 0.15) is 84.0 Å². The van der Waals surface area contributed by atoms with Gasteiger partial charge in [0.1, 0.15) is 5.82 Å². The minimum atomic E-state index is -0.234. The second-order valence-corrected chi connectivity index (χ2v) is 9.69. The lowest BCUT2D eigenvalue weighted by molar-refractivity contribution is -0.136. The van der Waals surface area contributed by atoms with Gasteiger partial charge in [-0.15, -0.1) is 0 Å². The Morgan fingerprint density at radius 3 is 2.58 bits per heavy atom. The number of hydrogen-bond acceptors (Lipinski definition) is 4. The van der Waals surface area contributed by atoms with E-state index >= 15 is 0 Å². The van der Waals surface area contributed by atoms with Crippen LogP contribution >= 0.6 is 0 Å². The highest BCUT2D eigenvalue weighted by atomic mass is 16.2. The van der Waals surface area contributed by atoms with Crippen LogP contribution in [-0.4, -0.2) is 44.7 Å². The molecule has 3 heterocycles. The summed E-state index contributed by atoms with van der Waals surface area (Å²) < 4.78 is 0. The summed E-state index contributed by atoms with van der Waals surface area (Å²) in [6.45, 7) is 3.55. The van der Waals surface area contributed by atoms with E-state index in [4.69, 9.17) is 4.98 Å². The molecule has 3 aliphatic rings. The van der Waals surface area contributed by atoms with Gasteiger partial charge in [-0.25, -0.2) is 4.98 Å². The van der Waals surface area contributed by atoms with Crippen LogP contribution in [0.5, 0.6) is 0 Å². The van der Waals surface area contributed by atoms with Crippen molar-refractivity contribution in [2.45, 2.75) is 70.9 Å². The highest BCUT2D eigenvalue weighted by Gasteiger charge is 2.34. The maximum absolute atomic E-state index is 13.4. The standard InChI is InChI=1S/C26H32N4O3/c1-17-8-2-5-11-19(17)26(33)30-14-7-6-12-22(30)23-27-21-13-15-29(16-20(21)24(31)28-23)25(32)18-9-3-4-10-18/h2,5,8,11,18,22H,3-4,6-7,9-10,12-16H2,1H3,(H,27,28,31). The van der Waals surface area contributed by atoms with E-state index in [0.29, 0.717) is 43.0 Å². The molecule has 0 radical (unpaired) electrons. The van der Waals surface area contributed by atoms with Crippen LogP contribution < -0.4 is 5.56 Å². The number of likely N-dealkylation sites (tertiary alicyclic amines) is 1. The number of amides is 2. The second kappa shape index (κ2) is 9.12. The fourth-order valence-corrected chi connectivity index (χ4v) is 5.65. The molecule has 2 aromatic rings. The Labute approximate surface area is 194 Å². The Kier molecular flexibility index (Phi) is 6.04. The molecule has 7 nitrogen and oxygen atoms in total. The number of H-pyrrole nitrogens is 1. The SMILES string of the molecule is Cc1ccccc1C(=O)N1CCCCC1c1nc2c(c(=O)[nH]1)CN(C(=O)C1CCCC1)CC2. The summed E-state index contributed by atoms with van der Waals surface area (Å²) >= 11 is 0. The van der Waals surface area contributed by atoms with Crippen molar-refractivity contribution in [2.75, 3.05) is 13.1 Å². The summed E-state index contributed by atoms with van der Waals surface area (Å²) in [6, 6.07) is 7.40. The molecule has 1 unspecified atom stereocenters. The number of nitrogens with one attached hydrogen (secondary N) is 1. The molecule has 1 atom stereocenters. The molecule has 0 bridgehead atoms. The van der Waals surface area contributed by atoms with Crippen LogP contribution in [0.25, 0.3) is 0 Å². The van der Waals surface area contributed by atoms with Crippen molar-refractivity contribution < 1.29 is 9.59 Å². The number of carbonyl (C=O) groups is 2. The topological polar surface area (TPSA) is 86.4 Å². The number of rotatable bonds is 3. The van der Waals surface area contributed by atoms with Gasteiger partial charge in [-0.2, -0.15) is 0 Å². The lowest BCUT2D eigenvalue weighted by Crippen LogP contribution is -2.43. The van der Waals surface area contributed by atoms with Gasteiger partial charge in [-0.05, 0) is 50.7 Å². The summed E-state index contributed by atoms with van der Waals surface area (Å²) in [5, 5.41) is 0. The molecule has 1 saturated carbocycles. The van der Waals surface area contributed by atoms with Crippen molar-refractivity contribution >= 4 is 11.8 Å². The molecule has 1 aromatic carbocycles. The number of fused-ring (bicyclic) bond motifs is 1. The van der Waals surface area contributed by atoms with Gasteiger partial charge in [0.25, 0.3) is 11.5 Å². The van der Waals surface area contributed by atoms with Crippen LogP contribution in [0, 0.1) is 12.8 Å². The molecule has 1 N–H and O–H groups in total. The second-order valence-electron chi connectivity index (χ2n) is 9.69. The number of benzene rings is 1. The van der Waals surface area contributed by atoms with E-state index in [-0.39, 0.29) is 29.3 Å². The third-order valence-electron chi connectivity index (χ3n) is 7.56. The van der Waals surface area contributed by atoms with E-state index in [2.05, 4.69) is 4.98 Å². The van der Waals surface area contributed by atoms with Gasteiger partial charge in [-0.1, -0.05) is 31.0 Å². The summed E-state index contributed by atoms with van der Waals surface area (Å²) in [5.41, 5.74) is 2.85. The highest BCUT2D eigenvalue weighted by molar-refractivity contribution is 5.95. The first kappa shape index (κ1) is 21.9. The zero-order valence-electron chi connectivity index (χ0n) is 19.3. The quantitative estimate of drug-likeness (QED) is 0.778. The molecule has 33 heavy (non-hydrogen) atoms. The molecule has 1 saturated heterocycles. The molecule has 2 aliphatic heterocycles. The molecule has 1 aromatic heterocycles. The first-order valence-electron chi connectivity index (χ1n) is 12.3. The van der Waals surface area contributed by atoms with E-state index in [1.165, 1.54) is 0 Å². The first-order chi connectivity index (χ1) is 16.0. The van der Waals surface area contributed by atoms with Crippen LogP contribution in [0.15, 0.2) is 29.1 Å². The predicted octanol–water partition coefficient (Wildman–Crippen LogP) is 3.52. The molecule has 174 valence electrons. The number of carbonyl (C=O) groups excluding carboxylic acids is 2. The maximum Gasteiger partial charge on any atom is 0.256 e. The molecule has 0 spiro atoms. The van der Waals surface area contributed by atoms with Gasteiger partial charge < -0.3 is 14.8 Å². The zero-order valence-corrected chi connectivity index (χ0v) is 19.3. The lowest BCUT2D eigenvalue weighted by Gasteiger charge is -2.36. The number of nitrogens with zero attached hydrogens (tertiary/aromatic N) is 3. The van der Waals surface area contributed by atoms with Gasteiger partial charge in [0, 0.05) is 31.0 Å². The smallest absolute Gasteiger partial charge is 0.256 e. The number of aromatic amines is 1. The average molecular weight is 449 g/mol. The van der Waals surface area contributed by atoms with Crippen molar-refractivity contribution in [3.63, 3.8) is 0 Å². The van der Waals surface area contributed by atoms with Crippen molar-refractivity contribution in [3.05, 3.63) is 62.8 Å². The molecule has 1 aliphatic carbocycles. The van der Waals surface area contributed by atoms with E-state index < -0.39 is 0 Å². The predicted molar refractivity (Wildman–Crippen MR) is 125 cm³/mol. The fraction of sp³-hybridized carbons (Fsp3) is 0.538. The minimum Gasteiger partial charge on any atom is -0.337 e. The van der Waals surface area contributed by atoms with Crippen LogP contribution in [-0.2, 0) is 17.8 Å². The molecular weight excluding hydrogens is 416 g/mol. The number of piperidine rings is 1. The van der Waals surface area contributed by atoms with E-state index in [1.807, 2.05) is 41.0 Å². The molecule has 2 fully saturated rings. The van der Waals surface area contributed by atoms with E-state index in [0.717, 1.165) is 56.2 Å². The molecular formula is C26H32N4O3. The lowest BCUT2D eigenvalue weighted by atomic mass is 9.98. The average Bonchev–Trinajstić information content (AvgIpc) is 3.38. The summed E-state index contributed by atoms with van der Waals surface area (Å²) in [7, 11) is 0. The largest absolute Gasteiger partial charge is 0.337 e. The van der Waals surface area contributed by atoms with Gasteiger partial charge in [0.15, 0.2) is 0 Å². The molecule has 5 rings (SSSR count). The third-order valence-corrected chi connectivity index (χ3v) is 7.56. The van der Waals surface area contributed by atoms with Gasteiger partial charge in [0.2, 0.25) is 5.91 Å². The van der Waals surface area contributed by atoms with Crippen LogP contribution in [0.4, 0.5) is 0 Å². The third kappa shape index (κ3) is 4.21. The van der Waals surface area contributed by atoms with Crippen LogP contribution in [0.2, 0.25) is 0 Å². The van der Waals surface area contributed by atoms with E-state index in [1.54, 1.807) is 0 Å². The number of aryl methyl sites for hydroxylation is 1. The van der Waals surface area contributed by atoms with Gasteiger partial charge >= 0.3 is 0 Å². The summed E-state index contributed by atoms with van der Waals surface area (Å²) in [4.78, 5) is 50.9. The van der Waals surface area contributed by atoms with Crippen LogP contribution in [0.3, 0.4) is 0 Å². The normalized spacial score (nSPS) is 21.2. The fourth-order valence-electron chi connectivity index (χ4n) is 5.65. The monoisotopic (exact) mass is 448 g/mol. The Hall–Kier alpha value is -2.96. The Morgan fingerprint density at radius 2 is 1.79 bits per heavy atom. The summed E-state index contributed by atoms with van der Waals surface area (Å²) in [5.74, 6) is 0.868. The Balaban J connectivity index is 1.40. The number of hydrogen-bond donors (Lipinski definition) is 1. The Bertz CT molecular complexity index is 1120. The zero-order chi connectivity index (χ0) is 22.9. The Morgan fingerprint density at radius 1 is 1.03 bits per heavy atom. The molecule has 7 heteroatoms. The van der Waals surface area contributed by atoms with Gasteiger partial charge in [-0.3, -0.25) is 14.4 Å². The first-order valence-corrected chi connectivity index (χ1v) is 12.3.